The summed E-state index contributed by atoms with van der Waals surface area (Å²) >= 11 is 0. The maximum absolute atomic E-state index is 12.9. The minimum Gasteiger partial charge on any atom is -0.506 e. The molecule has 0 bridgehead atoms. The van der Waals surface area contributed by atoms with Crippen molar-refractivity contribution >= 4 is 11.6 Å². The predicted octanol–water partition coefficient (Wildman–Crippen LogP) is 4.08. The highest BCUT2D eigenvalue weighted by Crippen LogP contribution is 2.31. The van der Waals surface area contributed by atoms with Gasteiger partial charge in [0.25, 0.3) is 0 Å². The van der Waals surface area contributed by atoms with E-state index in [1.54, 1.807) is 19.1 Å². The second kappa shape index (κ2) is 6.82. The number of anilines is 1. The molecule has 0 unspecified atom stereocenters. The van der Waals surface area contributed by atoms with Gasteiger partial charge in [-0.3, -0.25) is 4.79 Å². The molecule has 0 fully saturated rings. The zero-order valence-electron chi connectivity index (χ0n) is 15.0. The average Bonchev–Trinajstić information content (AvgIpc) is 2.76. The minimum atomic E-state index is -2.75. The Labute approximate surface area is 145 Å². The topological polar surface area (TPSA) is 67.2 Å². The Kier molecular flexibility index (Phi) is 5.15. The van der Waals surface area contributed by atoms with Gasteiger partial charge in [-0.15, -0.1) is 0 Å². The molecule has 0 aliphatic rings. The van der Waals surface area contributed by atoms with E-state index < -0.39 is 12.5 Å². The Morgan fingerprint density at radius 3 is 2.48 bits per heavy atom. The Balaban J connectivity index is 2.22. The number of phenols is 1. The molecular formula is C18H23F2N3O2. The summed E-state index contributed by atoms with van der Waals surface area (Å²) in [6.45, 7) is 6.42. The van der Waals surface area contributed by atoms with Crippen LogP contribution in [0.3, 0.4) is 0 Å². The minimum absolute atomic E-state index is 0.0435. The van der Waals surface area contributed by atoms with Crippen molar-refractivity contribution in [2.45, 2.75) is 53.0 Å². The second-order valence-corrected chi connectivity index (χ2v) is 7.08. The molecule has 1 heterocycles. The summed E-state index contributed by atoms with van der Waals surface area (Å²) in [5.41, 5.74) is 2.23. The monoisotopic (exact) mass is 351 g/mol. The first-order valence-corrected chi connectivity index (χ1v) is 7.96. The second-order valence-electron chi connectivity index (χ2n) is 7.08. The summed E-state index contributed by atoms with van der Waals surface area (Å²) in [6.07, 6.45) is -0.0937. The number of nitrogens with one attached hydrogen (secondary N) is 1. The van der Waals surface area contributed by atoms with E-state index in [0.717, 1.165) is 5.56 Å². The fourth-order valence-corrected chi connectivity index (χ4v) is 2.60. The molecule has 25 heavy (non-hydrogen) atoms. The summed E-state index contributed by atoms with van der Waals surface area (Å²) in [5.74, 6) is -0.445. The number of benzene rings is 1. The van der Waals surface area contributed by atoms with Gasteiger partial charge in [0.2, 0.25) is 5.91 Å². The van der Waals surface area contributed by atoms with Gasteiger partial charge in [-0.2, -0.15) is 13.9 Å². The maximum Gasteiger partial charge on any atom is 0.333 e. The van der Waals surface area contributed by atoms with E-state index in [4.69, 9.17) is 0 Å². The molecular weight excluding hydrogens is 328 g/mol. The SMILES string of the molecule is Cc1nn(C(F)F)c(C)c1CC(=O)Nc1cc(C(C)(C)C)ccc1O. The van der Waals surface area contributed by atoms with E-state index in [2.05, 4.69) is 10.4 Å². The molecule has 1 amide bonds. The van der Waals surface area contributed by atoms with Gasteiger partial charge in [-0.25, -0.2) is 4.68 Å². The molecule has 2 N–H and O–H groups in total. The van der Waals surface area contributed by atoms with Gasteiger partial charge in [0.1, 0.15) is 5.75 Å². The molecule has 1 aromatic heterocycles. The lowest BCUT2D eigenvalue weighted by Crippen LogP contribution is -2.17. The van der Waals surface area contributed by atoms with Crippen LogP contribution in [0.2, 0.25) is 0 Å². The van der Waals surface area contributed by atoms with Crippen molar-refractivity contribution in [1.82, 2.24) is 9.78 Å². The smallest absolute Gasteiger partial charge is 0.333 e. The number of halogens is 2. The molecule has 0 aliphatic heterocycles. The van der Waals surface area contributed by atoms with Gasteiger partial charge in [-0.05, 0) is 37.0 Å². The summed E-state index contributed by atoms with van der Waals surface area (Å²) in [6, 6.07) is 5.04. The number of carbonyl (C=O) groups excluding carboxylic acids is 1. The first kappa shape index (κ1) is 18.9. The van der Waals surface area contributed by atoms with Crippen molar-refractivity contribution in [3.63, 3.8) is 0 Å². The van der Waals surface area contributed by atoms with Crippen LogP contribution < -0.4 is 5.32 Å². The third-order valence-electron chi connectivity index (χ3n) is 4.13. The van der Waals surface area contributed by atoms with Crippen LogP contribution in [-0.4, -0.2) is 20.8 Å². The van der Waals surface area contributed by atoms with Crippen LogP contribution in [0.15, 0.2) is 18.2 Å². The van der Waals surface area contributed by atoms with Crippen molar-refractivity contribution in [3.05, 3.63) is 40.7 Å². The van der Waals surface area contributed by atoms with Crippen LogP contribution in [-0.2, 0) is 16.6 Å². The fourth-order valence-electron chi connectivity index (χ4n) is 2.60. The van der Waals surface area contributed by atoms with Crippen LogP contribution in [0.4, 0.5) is 14.5 Å². The van der Waals surface area contributed by atoms with Crippen LogP contribution in [0, 0.1) is 13.8 Å². The predicted molar refractivity (Wildman–Crippen MR) is 92.1 cm³/mol. The van der Waals surface area contributed by atoms with Crippen molar-refractivity contribution in [3.8, 4) is 5.75 Å². The van der Waals surface area contributed by atoms with Gasteiger partial charge >= 0.3 is 6.55 Å². The Bertz CT molecular complexity index is 792. The molecule has 2 aromatic rings. The van der Waals surface area contributed by atoms with Crippen LogP contribution in [0.5, 0.6) is 5.75 Å². The average molecular weight is 351 g/mol. The molecule has 7 heteroatoms. The number of amides is 1. The molecule has 5 nitrogen and oxygen atoms in total. The highest BCUT2D eigenvalue weighted by Gasteiger charge is 2.20. The van der Waals surface area contributed by atoms with Gasteiger partial charge < -0.3 is 10.4 Å². The molecule has 0 radical (unpaired) electrons. The molecule has 0 aliphatic carbocycles. The first-order valence-electron chi connectivity index (χ1n) is 7.96. The van der Waals surface area contributed by atoms with E-state index in [0.29, 0.717) is 21.6 Å². The number of carbonyl (C=O) groups is 1. The molecule has 0 atom stereocenters. The van der Waals surface area contributed by atoms with E-state index in [1.807, 2.05) is 20.8 Å². The molecule has 0 spiro atoms. The van der Waals surface area contributed by atoms with Crippen molar-refractivity contribution in [2.24, 2.45) is 0 Å². The number of rotatable bonds is 4. The number of phenolic OH excluding ortho intramolecular Hbond substituents is 1. The normalized spacial score (nSPS) is 11.8. The highest BCUT2D eigenvalue weighted by molar-refractivity contribution is 5.94. The Morgan fingerprint density at radius 1 is 1.32 bits per heavy atom. The van der Waals surface area contributed by atoms with E-state index in [9.17, 15) is 18.7 Å². The number of hydrogen-bond donors (Lipinski definition) is 2. The van der Waals surface area contributed by atoms with E-state index >= 15 is 0 Å². The summed E-state index contributed by atoms with van der Waals surface area (Å²) in [5, 5.41) is 16.4. The van der Waals surface area contributed by atoms with Gasteiger partial charge in [0.15, 0.2) is 0 Å². The number of alkyl halides is 2. The number of aryl methyl sites for hydroxylation is 1. The zero-order chi connectivity index (χ0) is 18.9. The van der Waals surface area contributed by atoms with Crippen molar-refractivity contribution < 1.29 is 18.7 Å². The van der Waals surface area contributed by atoms with Crippen LogP contribution in [0.1, 0.15) is 49.8 Å². The van der Waals surface area contributed by atoms with Crippen molar-refractivity contribution in [2.75, 3.05) is 5.32 Å². The highest BCUT2D eigenvalue weighted by atomic mass is 19.3. The number of aromatic nitrogens is 2. The van der Waals surface area contributed by atoms with E-state index in [-0.39, 0.29) is 23.3 Å². The molecule has 0 saturated carbocycles. The van der Waals surface area contributed by atoms with Gasteiger partial charge in [-0.1, -0.05) is 26.8 Å². The van der Waals surface area contributed by atoms with Crippen LogP contribution in [0.25, 0.3) is 0 Å². The summed E-state index contributed by atoms with van der Waals surface area (Å²) in [7, 11) is 0. The quantitative estimate of drug-likeness (QED) is 0.816. The first-order chi connectivity index (χ1) is 11.5. The largest absolute Gasteiger partial charge is 0.506 e. The Hall–Kier alpha value is -2.44. The molecule has 136 valence electrons. The molecule has 0 saturated heterocycles. The van der Waals surface area contributed by atoms with Crippen molar-refractivity contribution in [1.29, 1.82) is 0 Å². The summed E-state index contributed by atoms with van der Waals surface area (Å²) < 4.78 is 26.4. The number of hydrogen-bond acceptors (Lipinski definition) is 3. The lowest BCUT2D eigenvalue weighted by atomic mass is 9.87. The van der Waals surface area contributed by atoms with Gasteiger partial charge in [0, 0.05) is 11.3 Å². The Morgan fingerprint density at radius 2 is 1.96 bits per heavy atom. The van der Waals surface area contributed by atoms with Crippen LogP contribution >= 0.6 is 0 Å². The lowest BCUT2D eigenvalue weighted by Gasteiger charge is -2.20. The molecule has 2 rings (SSSR count). The van der Waals surface area contributed by atoms with E-state index in [1.165, 1.54) is 13.0 Å². The number of nitrogens with zero attached hydrogens (tertiary/aromatic N) is 2. The fraction of sp³-hybridized carbons (Fsp3) is 0.444. The van der Waals surface area contributed by atoms with Gasteiger partial charge in [0.05, 0.1) is 17.8 Å². The third kappa shape index (κ3) is 4.15. The standard InChI is InChI=1S/C18H23F2N3O2/c1-10-13(11(2)23(22-10)17(19)20)9-16(25)21-14-8-12(18(3,4)5)6-7-15(14)24/h6-8,17,24H,9H2,1-5H3,(H,21,25). The summed E-state index contributed by atoms with van der Waals surface area (Å²) in [4.78, 5) is 12.3. The maximum atomic E-state index is 12.9. The zero-order valence-corrected chi connectivity index (χ0v) is 15.0. The number of aromatic hydroxyl groups is 1. The molecule has 1 aromatic carbocycles. The lowest BCUT2D eigenvalue weighted by molar-refractivity contribution is -0.115. The third-order valence-corrected chi connectivity index (χ3v) is 4.13.